The highest BCUT2D eigenvalue weighted by Gasteiger charge is 2.28. The van der Waals surface area contributed by atoms with Gasteiger partial charge in [-0.15, -0.1) is 0 Å². The molecule has 1 aromatic rings. The molecule has 1 amide bonds. The van der Waals surface area contributed by atoms with Gasteiger partial charge in [0.1, 0.15) is 18.7 Å². The van der Waals surface area contributed by atoms with Crippen LogP contribution in [0.3, 0.4) is 0 Å². The predicted octanol–water partition coefficient (Wildman–Crippen LogP) is 0.752. The number of aliphatic hydroxyl groups is 1. The fourth-order valence-electron chi connectivity index (χ4n) is 1.57. The van der Waals surface area contributed by atoms with Gasteiger partial charge >= 0.3 is 0 Å². The monoisotopic (exact) mass is 254 g/mol. The Morgan fingerprint density at radius 3 is 2.72 bits per heavy atom. The smallest absolute Gasteiger partial charge is 0.244 e. The zero-order valence-electron chi connectivity index (χ0n) is 11.4. The lowest BCUT2D eigenvalue weighted by atomic mass is 9.88. The molecule has 3 atom stereocenters. The van der Waals surface area contributed by atoms with Crippen LogP contribution in [0, 0.1) is 5.92 Å². The van der Waals surface area contributed by atoms with Crippen molar-refractivity contribution in [1.82, 2.24) is 20.1 Å². The number of aromatic nitrogens is 3. The first-order valence-electron chi connectivity index (χ1n) is 6.22. The van der Waals surface area contributed by atoms with Crippen LogP contribution in [-0.2, 0) is 4.79 Å². The molecule has 0 aliphatic heterocycles. The molecule has 2 N–H and O–H groups in total. The summed E-state index contributed by atoms with van der Waals surface area (Å²) in [5.41, 5.74) is -0.896. The topological polar surface area (TPSA) is 80.0 Å². The van der Waals surface area contributed by atoms with E-state index in [2.05, 4.69) is 15.4 Å². The van der Waals surface area contributed by atoms with Gasteiger partial charge in [-0.2, -0.15) is 5.10 Å². The number of amides is 1. The molecule has 0 radical (unpaired) electrons. The van der Waals surface area contributed by atoms with Gasteiger partial charge in [-0.25, -0.2) is 9.67 Å². The van der Waals surface area contributed by atoms with E-state index in [0.717, 1.165) is 6.42 Å². The molecule has 0 aliphatic carbocycles. The Morgan fingerprint density at radius 2 is 2.22 bits per heavy atom. The highest BCUT2D eigenvalue weighted by molar-refractivity contribution is 5.79. The third kappa shape index (κ3) is 3.53. The summed E-state index contributed by atoms with van der Waals surface area (Å²) < 4.78 is 1.48. The van der Waals surface area contributed by atoms with Crippen molar-refractivity contribution in [3.05, 3.63) is 12.7 Å². The summed E-state index contributed by atoms with van der Waals surface area (Å²) in [5, 5.41) is 16.9. The van der Waals surface area contributed by atoms with Crippen molar-refractivity contribution in [1.29, 1.82) is 0 Å². The number of rotatable bonds is 6. The number of nitrogens with one attached hydrogen (secondary N) is 1. The van der Waals surface area contributed by atoms with Crippen LogP contribution in [0.25, 0.3) is 0 Å². The Kier molecular flexibility index (Phi) is 4.84. The summed E-state index contributed by atoms with van der Waals surface area (Å²) in [6.07, 6.45) is 3.75. The molecule has 0 aromatic carbocycles. The van der Waals surface area contributed by atoms with Gasteiger partial charge in [0.05, 0.1) is 5.60 Å². The molecular formula is C12H22N4O2. The van der Waals surface area contributed by atoms with E-state index in [1.807, 2.05) is 13.8 Å². The molecule has 1 aromatic heterocycles. The molecule has 0 spiro atoms. The molecule has 6 heteroatoms. The molecule has 0 bridgehead atoms. The maximum Gasteiger partial charge on any atom is 0.244 e. The summed E-state index contributed by atoms with van der Waals surface area (Å²) in [6, 6.07) is -0.430. The molecule has 1 rings (SSSR count). The minimum absolute atomic E-state index is 0.125. The summed E-state index contributed by atoms with van der Waals surface area (Å²) in [6.45, 7) is 7.69. The zero-order chi connectivity index (χ0) is 13.8. The van der Waals surface area contributed by atoms with E-state index in [1.165, 1.54) is 17.3 Å². The van der Waals surface area contributed by atoms with E-state index >= 15 is 0 Å². The van der Waals surface area contributed by atoms with Crippen molar-refractivity contribution in [3.8, 4) is 0 Å². The minimum atomic E-state index is -0.896. The van der Waals surface area contributed by atoms with Crippen molar-refractivity contribution >= 4 is 5.91 Å². The predicted molar refractivity (Wildman–Crippen MR) is 67.8 cm³/mol. The van der Waals surface area contributed by atoms with Crippen LogP contribution in [0.1, 0.15) is 40.2 Å². The highest BCUT2D eigenvalue weighted by Crippen LogP contribution is 2.19. The molecule has 18 heavy (non-hydrogen) atoms. The molecule has 0 saturated heterocycles. The van der Waals surface area contributed by atoms with Crippen LogP contribution in [0.5, 0.6) is 0 Å². The number of carbonyl (C=O) groups is 1. The molecule has 0 aliphatic rings. The van der Waals surface area contributed by atoms with Gasteiger partial charge in [-0.1, -0.05) is 20.3 Å². The van der Waals surface area contributed by atoms with E-state index in [9.17, 15) is 9.90 Å². The summed E-state index contributed by atoms with van der Waals surface area (Å²) in [4.78, 5) is 15.7. The molecule has 102 valence electrons. The van der Waals surface area contributed by atoms with Gasteiger partial charge in [0.25, 0.3) is 0 Å². The van der Waals surface area contributed by atoms with E-state index in [0.29, 0.717) is 0 Å². The number of hydrogen-bond donors (Lipinski definition) is 2. The highest BCUT2D eigenvalue weighted by atomic mass is 16.3. The third-order valence-corrected chi connectivity index (χ3v) is 3.51. The van der Waals surface area contributed by atoms with Crippen molar-refractivity contribution < 1.29 is 9.90 Å². The van der Waals surface area contributed by atoms with Crippen LogP contribution >= 0.6 is 0 Å². The van der Waals surface area contributed by atoms with Gasteiger partial charge in [-0.05, 0) is 19.8 Å². The largest absolute Gasteiger partial charge is 0.388 e. The summed E-state index contributed by atoms with van der Waals surface area (Å²) in [5.74, 6) is -0.0523. The second kappa shape index (κ2) is 5.95. The zero-order valence-corrected chi connectivity index (χ0v) is 11.4. The lowest BCUT2D eigenvalue weighted by Crippen LogP contribution is -2.46. The number of hydrogen-bond acceptors (Lipinski definition) is 4. The third-order valence-electron chi connectivity index (χ3n) is 3.51. The fraction of sp³-hybridized carbons (Fsp3) is 0.750. The first-order valence-corrected chi connectivity index (χ1v) is 6.22. The van der Waals surface area contributed by atoms with Gasteiger partial charge in [0, 0.05) is 6.54 Å². The van der Waals surface area contributed by atoms with Crippen LogP contribution < -0.4 is 5.32 Å². The first kappa shape index (κ1) is 14.6. The van der Waals surface area contributed by atoms with Crippen LogP contribution in [0.2, 0.25) is 0 Å². The first-order chi connectivity index (χ1) is 8.38. The van der Waals surface area contributed by atoms with Gasteiger partial charge < -0.3 is 10.4 Å². The minimum Gasteiger partial charge on any atom is -0.388 e. The number of nitrogens with zero attached hydrogens (tertiary/aromatic N) is 3. The molecule has 0 fully saturated rings. The lowest BCUT2D eigenvalue weighted by molar-refractivity contribution is -0.125. The SMILES string of the molecule is CCC(C)C(C)(O)CNC(=O)C(C)n1cncn1. The summed E-state index contributed by atoms with van der Waals surface area (Å²) in [7, 11) is 0. The Hall–Kier alpha value is -1.43. The Labute approximate surface area is 107 Å². The van der Waals surface area contributed by atoms with Gasteiger partial charge in [0.2, 0.25) is 5.91 Å². The van der Waals surface area contributed by atoms with Gasteiger partial charge in [0.15, 0.2) is 0 Å². The van der Waals surface area contributed by atoms with Crippen molar-refractivity contribution in [2.24, 2.45) is 5.92 Å². The fourth-order valence-corrected chi connectivity index (χ4v) is 1.57. The second-order valence-electron chi connectivity index (χ2n) is 4.94. The van der Waals surface area contributed by atoms with Crippen LogP contribution in [0.15, 0.2) is 12.7 Å². The Morgan fingerprint density at radius 1 is 1.56 bits per heavy atom. The molecule has 3 unspecified atom stereocenters. The summed E-state index contributed by atoms with van der Waals surface area (Å²) >= 11 is 0. The average molecular weight is 254 g/mol. The normalized spacial score (nSPS) is 17.8. The quantitative estimate of drug-likeness (QED) is 0.785. The lowest BCUT2D eigenvalue weighted by Gasteiger charge is -2.30. The van der Waals surface area contributed by atoms with Crippen LogP contribution in [-0.4, -0.2) is 37.9 Å². The van der Waals surface area contributed by atoms with Crippen LogP contribution in [0.4, 0.5) is 0 Å². The Balaban J connectivity index is 2.51. The maximum absolute atomic E-state index is 11.9. The van der Waals surface area contributed by atoms with E-state index in [4.69, 9.17) is 0 Å². The van der Waals surface area contributed by atoms with Crippen molar-refractivity contribution in [3.63, 3.8) is 0 Å². The molecule has 0 saturated carbocycles. The number of carbonyl (C=O) groups excluding carboxylic acids is 1. The standard InChI is InChI=1S/C12H22N4O2/c1-5-9(2)12(4,18)6-14-11(17)10(3)16-8-13-7-15-16/h7-10,18H,5-6H2,1-4H3,(H,14,17). The van der Waals surface area contributed by atoms with E-state index in [-0.39, 0.29) is 18.4 Å². The van der Waals surface area contributed by atoms with Crippen molar-refractivity contribution in [2.75, 3.05) is 6.54 Å². The maximum atomic E-state index is 11.9. The average Bonchev–Trinajstić information content (AvgIpc) is 2.87. The molecule has 1 heterocycles. The van der Waals surface area contributed by atoms with E-state index in [1.54, 1.807) is 13.8 Å². The molecular weight excluding hydrogens is 232 g/mol. The second-order valence-corrected chi connectivity index (χ2v) is 4.94. The Bertz CT molecular complexity index is 375. The molecule has 6 nitrogen and oxygen atoms in total. The van der Waals surface area contributed by atoms with Crippen molar-refractivity contribution in [2.45, 2.75) is 45.8 Å². The van der Waals surface area contributed by atoms with Gasteiger partial charge in [-0.3, -0.25) is 4.79 Å². The van der Waals surface area contributed by atoms with E-state index < -0.39 is 11.6 Å².